The van der Waals surface area contributed by atoms with Crippen LogP contribution in [0.2, 0.25) is 0 Å². The second-order valence-corrected chi connectivity index (χ2v) is 4.70. The fraction of sp³-hybridized carbons (Fsp3) is 0.400. The Kier molecular flexibility index (Phi) is 3.70. The number of aromatic nitrogens is 2. The monoisotopic (exact) mass is 244 g/mol. The molecule has 0 spiro atoms. The van der Waals surface area contributed by atoms with E-state index in [1.807, 2.05) is 10.9 Å². The maximum Gasteiger partial charge on any atom is 0.157 e. The minimum Gasteiger partial charge on any atom is -0.486 e. The minimum atomic E-state index is 0.605. The molecule has 18 heavy (non-hydrogen) atoms. The van der Waals surface area contributed by atoms with Crippen molar-refractivity contribution < 1.29 is 4.74 Å². The molecule has 1 heterocycles. The molecule has 1 aromatic heterocycles. The van der Waals surface area contributed by atoms with Crippen molar-refractivity contribution in [3.05, 3.63) is 46.8 Å². The molecule has 0 unspecified atom stereocenters. The van der Waals surface area contributed by atoms with Gasteiger partial charge in [0.15, 0.2) is 5.75 Å². The Morgan fingerprint density at radius 1 is 1.17 bits per heavy atom. The van der Waals surface area contributed by atoms with Crippen molar-refractivity contribution in [1.29, 1.82) is 0 Å². The third kappa shape index (κ3) is 2.73. The smallest absolute Gasteiger partial charge is 0.157 e. The zero-order valence-corrected chi connectivity index (χ0v) is 11.5. The first-order valence-corrected chi connectivity index (χ1v) is 6.32. The molecule has 3 nitrogen and oxygen atoms in total. The van der Waals surface area contributed by atoms with Crippen LogP contribution in [0.3, 0.4) is 0 Å². The van der Waals surface area contributed by atoms with Crippen LogP contribution >= 0.6 is 0 Å². The lowest BCUT2D eigenvalue weighted by Crippen LogP contribution is -2.01. The van der Waals surface area contributed by atoms with Gasteiger partial charge in [-0.15, -0.1) is 0 Å². The van der Waals surface area contributed by atoms with E-state index in [0.717, 1.165) is 12.3 Å². The number of ether oxygens (including phenoxy) is 1. The molecule has 0 saturated heterocycles. The molecule has 1 aromatic carbocycles. The molecule has 2 aromatic rings. The summed E-state index contributed by atoms with van der Waals surface area (Å²) in [7, 11) is 0. The summed E-state index contributed by atoms with van der Waals surface area (Å²) < 4.78 is 7.66. The van der Waals surface area contributed by atoms with Gasteiger partial charge in [-0.2, -0.15) is 5.10 Å². The molecule has 96 valence electrons. The Labute approximate surface area is 108 Å². The number of hydrogen-bond acceptors (Lipinski definition) is 2. The summed E-state index contributed by atoms with van der Waals surface area (Å²) in [6.07, 6.45) is 3.70. The average molecular weight is 244 g/mol. The molecule has 0 bridgehead atoms. The molecule has 0 saturated carbocycles. The van der Waals surface area contributed by atoms with Crippen LogP contribution in [-0.4, -0.2) is 9.78 Å². The number of aryl methyl sites for hydroxylation is 4. The van der Waals surface area contributed by atoms with Crippen LogP contribution in [0, 0.1) is 20.8 Å². The first-order valence-electron chi connectivity index (χ1n) is 6.32. The van der Waals surface area contributed by atoms with E-state index >= 15 is 0 Å². The van der Waals surface area contributed by atoms with E-state index in [0.29, 0.717) is 6.61 Å². The van der Waals surface area contributed by atoms with Crippen molar-refractivity contribution >= 4 is 0 Å². The summed E-state index contributed by atoms with van der Waals surface area (Å²) in [5.74, 6) is 0.830. The standard InChI is InChI=1S/C15H20N2O/c1-5-17-9-14(8-16-17)18-10-15-12(3)6-11(2)7-13(15)4/h6-9H,5,10H2,1-4H3. The number of nitrogens with zero attached hydrogens (tertiary/aromatic N) is 2. The summed E-state index contributed by atoms with van der Waals surface area (Å²) in [5.41, 5.74) is 5.14. The maximum absolute atomic E-state index is 5.79. The van der Waals surface area contributed by atoms with Crippen LogP contribution in [0.15, 0.2) is 24.5 Å². The van der Waals surface area contributed by atoms with Gasteiger partial charge in [0.05, 0.1) is 12.4 Å². The lowest BCUT2D eigenvalue weighted by Gasteiger charge is -2.11. The van der Waals surface area contributed by atoms with E-state index in [-0.39, 0.29) is 0 Å². The highest BCUT2D eigenvalue weighted by Crippen LogP contribution is 2.19. The highest BCUT2D eigenvalue weighted by atomic mass is 16.5. The lowest BCUT2D eigenvalue weighted by atomic mass is 10.0. The van der Waals surface area contributed by atoms with Gasteiger partial charge in [0.1, 0.15) is 6.61 Å². The Morgan fingerprint density at radius 3 is 2.39 bits per heavy atom. The van der Waals surface area contributed by atoms with Gasteiger partial charge in [0.25, 0.3) is 0 Å². The molecule has 0 aliphatic rings. The fourth-order valence-corrected chi connectivity index (χ4v) is 2.19. The molecular formula is C15H20N2O. The van der Waals surface area contributed by atoms with Crippen LogP contribution in [0.4, 0.5) is 0 Å². The van der Waals surface area contributed by atoms with Crippen molar-refractivity contribution in [3.63, 3.8) is 0 Å². The minimum absolute atomic E-state index is 0.605. The van der Waals surface area contributed by atoms with Gasteiger partial charge < -0.3 is 4.74 Å². The maximum atomic E-state index is 5.79. The average Bonchev–Trinajstić information content (AvgIpc) is 2.75. The van der Waals surface area contributed by atoms with Gasteiger partial charge in [0.2, 0.25) is 0 Å². The van der Waals surface area contributed by atoms with E-state index in [9.17, 15) is 0 Å². The Balaban J connectivity index is 2.10. The highest BCUT2D eigenvalue weighted by molar-refractivity contribution is 5.37. The molecule has 0 fully saturated rings. The predicted molar refractivity (Wildman–Crippen MR) is 72.9 cm³/mol. The molecule has 0 atom stereocenters. The number of benzene rings is 1. The topological polar surface area (TPSA) is 27.1 Å². The van der Waals surface area contributed by atoms with Crippen molar-refractivity contribution in [2.24, 2.45) is 0 Å². The van der Waals surface area contributed by atoms with E-state index in [1.54, 1.807) is 6.20 Å². The van der Waals surface area contributed by atoms with E-state index in [4.69, 9.17) is 4.74 Å². The van der Waals surface area contributed by atoms with E-state index in [1.165, 1.54) is 22.3 Å². The molecule has 0 radical (unpaired) electrons. The second-order valence-electron chi connectivity index (χ2n) is 4.70. The number of hydrogen-bond donors (Lipinski definition) is 0. The van der Waals surface area contributed by atoms with Crippen LogP contribution in [0.25, 0.3) is 0 Å². The van der Waals surface area contributed by atoms with Crippen LogP contribution in [0.5, 0.6) is 5.75 Å². The predicted octanol–water partition coefficient (Wildman–Crippen LogP) is 3.41. The lowest BCUT2D eigenvalue weighted by molar-refractivity contribution is 0.304. The van der Waals surface area contributed by atoms with E-state index in [2.05, 4.69) is 44.9 Å². The summed E-state index contributed by atoms with van der Waals surface area (Å²) in [6, 6.07) is 4.39. The van der Waals surface area contributed by atoms with Gasteiger partial charge in [0, 0.05) is 6.54 Å². The van der Waals surface area contributed by atoms with Crippen molar-refractivity contribution in [2.45, 2.75) is 40.8 Å². The first kappa shape index (κ1) is 12.7. The zero-order chi connectivity index (χ0) is 13.1. The van der Waals surface area contributed by atoms with Crippen molar-refractivity contribution in [3.8, 4) is 5.75 Å². The highest BCUT2D eigenvalue weighted by Gasteiger charge is 2.05. The van der Waals surface area contributed by atoms with E-state index < -0.39 is 0 Å². The normalized spacial score (nSPS) is 10.7. The SMILES string of the molecule is CCn1cc(OCc2c(C)cc(C)cc2C)cn1. The Hall–Kier alpha value is -1.77. The number of rotatable bonds is 4. The fourth-order valence-electron chi connectivity index (χ4n) is 2.19. The van der Waals surface area contributed by atoms with Crippen molar-refractivity contribution in [2.75, 3.05) is 0 Å². The molecule has 2 rings (SSSR count). The van der Waals surface area contributed by atoms with Crippen molar-refractivity contribution in [1.82, 2.24) is 9.78 Å². The quantitative estimate of drug-likeness (QED) is 0.824. The second kappa shape index (κ2) is 5.25. The third-order valence-corrected chi connectivity index (χ3v) is 3.16. The summed E-state index contributed by atoms with van der Waals surface area (Å²) in [5, 5.41) is 4.20. The molecule has 0 amide bonds. The Morgan fingerprint density at radius 2 is 1.83 bits per heavy atom. The zero-order valence-electron chi connectivity index (χ0n) is 11.5. The largest absolute Gasteiger partial charge is 0.486 e. The molecule has 0 aliphatic carbocycles. The van der Waals surface area contributed by atoms with Crippen LogP contribution < -0.4 is 4.74 Å². The first-order chi connectivity index (χ1) is 8.60. The Bertz CT molecular complexity index is 520. The van der Waals surface area contributed by atoms with Gasteiger partial charge in [-0.3, -0.25) is 4.68 Å². The molecule has 0 N–H and O–H groups in total. The summed E-state index contributed by atoms with van der Waals surface area (Å²) in [6.45, 7) is 9.92. The molecular weight excluding hydrogens is 224 g/mol. The molecule has 3 heteroatoms. The summed E-state index contributed by atoms with van der Waals surface area (Å²) in [4.78, 5) is 0. The van der Waals surface area contributed by atoms with Gasteiger partial charge in [-0.1, -0.05) is 17.7 Å². The van der Waals surface area contributed by atoms with Crippen LogP contribution in [0.1, 0.15) is 29.2 Å². The molecule has 0 aliphatic heterocycles. The van der Waals surface area contributed by atoms with Gasteiger partial charge >= 0.3 is 0 Å². The van der Waals surface area contributed by atoms with Crippen LogP contribution in [-0.2, 0) is 13.2 Å². The third-order valence-electron chi connectivity index (χ3n) is 3.16. The van der Waals surface area contributed by atoms with Gasteiger partial charge in [-0.25, -0.2) is 0 Å². The summed E-state index contributed by atoms with van der Waals surface area (Å²) >= 11 is 0. The van der Waals surface area contributed by atoms with Gasteiger partial charge in [-0.05, 0) is 44.4 Å².